The Morgan fingerprint density at radius 1 is 1.35 bits per heavy atom. The number of halogens is 2. The maximum atomic E-state index is 12.6. The lowest BCUT2D eigenvalue weighted by molar-refractivity contribution is -0.123. The van der Waals surface area contributed by atoms with Crippen molar-refractivity contribution in [2.24, 2.45) is 11.1 Å². The minimum absolute atomic E-state index is 0.0304. The van der Waals surface area contributed by atoms with Crippen LogP contribution in [0.5, 0.6) is 0 Å². The van der Waals surface area contributed by atoms with Crippen LogP contribution in [0.1, 0.15) is 13.8 Å². The van der Waals surface area contributed by atoms with Crippen LogP contribution in [-0.2, 0) is 14.6 Å². The molecule has 0 unspecified atom stereocenters. The van der Waals surface area contributed by atoms with Crippen LogP contribution in [-0.4, -0.2) is 26.6 Å². The second kappa shape index (κ2) is 5.84. The number of carbonyl (C=O) groups excluding carboxylic acids is 1. The van der Waals surface area contributed by atoms with E-state index in [1.54, 1.807) is 13.8 Å². The Bertz CT molecular complexity index is 600. The Hall–Kier alpha value is -1.54. The number of nitrogens with two attached hydrogens (primary N) is 1. The van der Waals surface area contributed by atoms with E-state index >= 15 is 0 Å². The number of hydrogen-bond acceptors (Lipinski definition) is 4. The fourth-order valence-corrected chi connectivity index (χ4v) is 2.18. The highest BCUT2D eigenvalue weighted by atomic mass is 32.2. The van der Waals surface area contributed by atoms with Gasteiger partial charge in [0.2, 0.25) is 15.7 Å². The third-order valence-electron chi connectivity index (χ3n) is 2.80. The van der Waals surface area contributed by atoms with Gasteiger partial charge in [0.25, 0.3) is 0 Å². The topological polar surface area (TPSA) is 89.3 Å². The second-order valence-electron chi connectivity index (χ2n) is 4.84. The lowest BCUT2D eigenvalue weighted by Gasteiger charge is -2.22. The van der Waals surface area contributed by atoms with Gasteiger partial charge in [0.1, 0.15) is 0 Å². The van der Waals surface area contributed by atoms with Gasteiger partial charge in [-0.3, -0.25) is 4.79 Å². The van der Waals surface area contributed by atoms with Crippen LogP contribution in [0.3, 0.4) is 0 Å². The number of hydrogen-bond donors (Lipinski definition) is 2. The predicted octanol–water partition coefficient (Wildman–Crippen LogP) is 1.61. The smallest absolute Gasteiger partial charge is 0.329 e. The second-order valence-corrected chi connectivity index (χ2v) is 6.73. The molecule has 20 heavy (non-hydrogen) atoms. The normalized spacial score (nSPS) is 12.5. The molecule has 1 aromatic rings. The summed E-state index contributed by atoms with van der Waals surface area (Å²) in [7, 11) is -4.78. The molecule has 0 aliphatic heterocycles. The van der Waals surface area contributed by atoms with E-state index in [4.69, 9.17) is 5.73 Å². The van der Waals surface area contributed by atoms with Crippen molar-refractivity contribution in [1.29, 1.82) is 0 Å². The summed E-state index contributed by atoms with van der Waals surface area (Å²) >= 11 is 0. The molecule has 1 amide bonds. The largest absolute Gasteiger partial charge is 0.341 e. The molecule has 0 atom stereocenters. The summed E-state index contributed by atoms with van der Waals surface area (Å²) in [5, 5.41) is 2.33. The number of rotatable bonds is 5. The molecule has 0 fully saturated rings. The molecule has 1 rings (SSSR count). The molecule has 0 aliphatic carbocycles. The molecule has 8 heteroatoms. The number of alkyl halides is 2. The van der Waals surface area contributed by atoms with Gasteiger partial charge in [-0.1, -0.05) is 12.1 Å². The van der Waals surface area contributed by atoms with E-state index in [0.29, 0.717) is 0 Å². The number of sulfone groups is 1. The van der Waals surface area contributed by atoms with Crippen molar-refractivity contribution in [3.63, 3.8) is 0 Å². The van der Waals surface area contributed by atoms with Gasteiger partial charge in [-0.05, 0) is 26.0 Å². The van der Waals surface area contributed by atoms with Crippen molar-refractivity contribution in [2.45, 2.75) is 24.5 Å². The third kappa shape index (κ3) is 3.31. The maximum Gasteiger partial charge on any atom is 0.341 e. The van der Waals surface area contributed by atoms with Crippen molar-refractivity contribution >= 4 is 21.4 Å². The van der Waals surface area contributed by atoms with Crippen molar-refractivity contribution in [1.82, 2.24) is 0 Å². The lowest BCUT2D eigenvalue weighted by Crippen LogP contribution is -2.37. The summed E-state index contributed by atoms with van der Waals surface area (Å²) < 4.78 is 48.2. The van der Waals surface area contributed by atoms with E-state index in [-0.39, 0.29) is 12.2 Å². The molecular formula is C12H16F2N2O3S. The standard InChI is InChI=1S/C12H16F2N2O3S/c1-12(2,7-15)10(17)16-8-5-3-4-6-9(8)20(18,19)11(13)14/h3-6,11H,7,15H2,1-2H3,(H,16,17). The zero-order valence-corrected chi connectivity index (χ0v) is 11.9. The molecule has 0 aromatic heterocycles. The van der Waals surface area contributed by atoms with E-state index in [1.807, 2.05) is 0 Å². The van der Waals surface area contributed by atoms with Crippen LogP contribution in [0.15, 0.2) is 29.2 Å². The van der Waals surface area contributed by atoms with Crippen molar-refractivity contribution in [3.05, 3.63) is 24.3 Å². The van der Waals surface area contributed by atoms with E-state index in [2.05, 4.69) is 5.32 Å². The van der Waals surface area contributed by atoms with Crippen LogP contribution in [0, 0.1) is 5.41 Å². The fraction of sp³-hybridized carbons (Fsp3) is 0.417. The number of benzene rings is 1. The summed E-state index contributed by atoms with van der Waals surface area (Å²) in [6, 6.07) is 5.01. The number of nitrogens with one attached hydrogen (secondary N) is 1. The summed E-state index contributed by atoms with van der Waals surface area (Å²) in [6.45, 7) is 3.15. The Labute approximate surface area is 116 Å². The van der Waals surface area contributed by atoms with E-state index < -0.39 is 31.8 Å². The first-order valence-corrected chi connectivity index (χ1v) is 7.30. The minimum Gasteiger partial charge on any atom is -0.329 e. The molecule has 0 heterocycles. The summed E-state index contributed by atoms with van der Waals surface area (Å²) in [4.78, 5) is 11.3. The highest BCUT2D eigenvalue weighted by Crippen LogP contribution is 2.27. The number of anilines is 1. The van der Waals surface area contributed by atoms with Crippen LogP contribution in [0.2, 0.25) is 0 Å². The van der Waals surface area contributed by atoms with Crippen molar-refractivity contribution < 1.29 is 22.0 Å². The highest BCUT2D eigenvalue weighted by molar-refractivity contribution is 7.91. The van der Waals surface area contributed by atoms with Gasteiger partial charge in [-0.15, -0.1) is 0 Å². The maximum absolute atomic E-state index is 12.6. The molecule has 0 saturated carbocycles. The Balaban J connectivity index is 3.20. The van der Waals surface area contributed by atoms with Crippen LogP contribution in [0.4, 0.5) is 14.5 Å². The lowest BCUT2D eigenvalue weighted by atomic mass is 9.92. The van der Waals surface area contributed by atoms with Gasteiger partial charge in [-0.2, -0.15) is 8.78 Å². The van der Waals surface area contributed by atoms with E-state index in [1.165, 1.54) is 18.2 Å². The predicted molar refractivity (Wildman–Crippen MR) is 71.1 cm³/mol. The Morgan fingerprint density at radius 3 is 2.40 bits per heavy atom. The van der Waals surface area contributed by atoms with Crippen LogP contribution in [0.25, 0.3) is 0 Å². The SMILES string of the molecule is CC(C)(CN)C(=O)Nc1ccccc1S(=O)(=O)C(F)F. The average molecular weight is 306 g/mol. The Kier molecular flexibility index (Phi) is 4.82. The van der Waals surface area contributed by atoms with Gasteiger partial charge in [-0.25, -0.2) is 8.42 Å². The van der Waals surface area contributed by atoms with Gasteiger partial charge < -0.3 is 11.1 Å². The molecule has 112 valence electrons. The molecule has 0 aliphatic rings. The first-order valence-electron chi connectivity index (χ1n) is 5.75. The summed E-state index contributed by atoms with van der Waals surface area (Å²) in [5.74, 6) is -4.10. The average Bonchev–Trinajstić information content (AvgIpc) is 2.38. The number of carbonyl (C=O) groups is 1. The number of para-hydroxylation sites is 1. The van der Waals surface area contributed by atoms with Crippen molar-refractivity contribution in [2.75, 3.05) is 11.9 Å². The van der Waals surface area contributed by atoms with E-state index in [9.17, 15) is 22.0 Å². The molecule has 0 bridgehead atoms. The van der Waals surface area contributed by atoms with Gasteiger partial charge in [0, 0.05) is 6.54 Å². The van der Waals surface area contributed by atoms with Gasteiger partial charge in [0.05, 0.1) is 16.0 Å². The quantitative estimate of drug-likeness (QED) is 0.865. The molecule has 0 spiro atoms. The third-order valence-corrected chi connectivity index (χ3v) is 4.24. The zero-order chi connectivity index (χ0) is 15.6. The first-order chi connectivity index (χ1) is 9.13. The van der Waals surface area contributed by atoms with Crippen LogP contribution < -0.4 is 11.1 Å². The van der Waals surface area contributed by atoms with Gasteiger partial charge in [0.15, 0.2) is 0 Å². The fourth-order valence-electron chi connectivity index (χ4n) is 1.30. The molecule has 5 nitrogen and oxygen atoms in total. The summed E-state index contributed by atoms with van der Waals surface area (Å²) in [5.41, 5.74) is 4.31. The molecule has 0 saturated heterocycles. The molecule has 1 aromatic carbocycles. The molecular weight excluding hydrogens is 290 g/mol. The monoisotopic (exact) mass is 306 g/mol. The van der Waals surface area contributed by atoms with Gasteiger partial charge >= 0.3 is 5.76 Å². The summed E-state index contributed by atoms with van der Waals surface area (Å²) in [6.07, 6.45) is 0. The van der Waals surface area contributed by atoms with E-state index in [0.717, 1.165) is 6.07 Å². The molecule has 3 N–H and O–H groups in total. The van der Waals surface area contributed by atoms with Crippen LogP contribution >= 0.6 is 0 Å². The first kappa shape index (κ1) is 16.5. The Morgan fingerprint density at radius 2 is 1.90 bits per heavy atom. The highest BCUT2D eigenvalue weighted by Gasteiger charge is 2.31. The van der Waals surface area contributed by atoms with Crippen molar-refractivity contribution in [3.8, 4) is 0 Å². The number of amides is 1. The molecule has 0 radical (unpaired) electrons. The minimum atomic E-state index is -4.78. The zero-order valence-electron chi connectivity index (χ0n) is 11.1.